The molecular formula is C31H36N4O12S2. The lowest BCUT2D eigenvalue weighted by molar-refractivity contribution is -0.432. The van der Waals surface area contributed by atoms with Crippen molar-refractivity contribution < 1.29 is 56.1 Å². The van der Waals surface area contributed by atoms with E-state index in [1.54, 1.807) is 17.0 Å². The first kappa shape index (κ1) is 34.7. The van der Waals surface area contributed by atoms with Crippen molar-refractivity contribution >= 4 is 45.4 Å². The van der Waals surface area contributed by atoms with E-state index in [9.17, 15) is 22.6 Å². The van der Waals surface area contributed by atoms with Gasteiger partial charge >= 0.3 is 0 Å². The maximum Gasteiger partial charge on any atom is 0.288 e. The topological polar surface area (TPSA) is 195 Å². The summed E-state index contributed by atoms with van der Waals surface area (Å²) in [4.78, 5) is 30.0. The molecular weight excluding hydrogens is 684 g/mol. The zero-order chi connectivity index (χ0) is 35.0. The van der Waals surface area contributed by atoms with E-state index < -0.39 is 32.8 Å². The van der Waals surface area contributed by atoms with E-state index in [1.165, 1.54) is 31.3 Å². The fourth-order valence-corrected chi connectivity index (χ4v) is 8.14. The number of benzene rings is 2. The molecule has 18 heteroatoms. The smallest absolute Gasteiger partial charge is 0.288 e. The fraction of sp³-hybridized carbons (Fsp3) is 0.419. The Morgan fingerprint density at radius 3 is 1.86 bits per heavy atom. The molecule has 264 valence electrons. The van der Waals surface area contributed by atoms with E-state index in [0.29, 0.717) is 47.7 Å². The highest BCUT2D eigenvalue weighted by Gasteiger charge is 2.46. The first-order chi connectivity index (χ1) is 23.4. The molecule has 2 aromatic rings. The fourth-order valence-electron chi connectivity index (χ4n) is 6.55. The third-order valence-corrected chi connectivity index (χ3v) is 10.6. The maximum atomic E-state index is 13.5. The Kier molecular flexibility index (Phi) is 9.88. The molecule has 0 radical (unpaired) electrons. The number of ether oxygens (including phenoxy) is 4. The van der Waals surface area contributed by atoms with E-state index in [4.69, 9.17) is 28.5 Å². The highest BCUT2D eigenvalue weighted by Crippen LogP contribution is 2.42. The molecule has 16 nitrogen and oxygen atoms in total. The Balaban J connectivity index is 1.15. The van der Waals surface area contributed by atoms with Gasteiger partial charge < -0.3 is 39.4 Å². The summed E-state index contributed by atoms with van der Waals surface area (Å²) in [6.07, 6.45) is 1.14. The summed E-state index contributed by atoms with van der Waals surface area (Å²) in [5, 5.41) is 16.7. The molecule has 0 bridgehead atoms. The molecule has 49 heavy (non-hydrogen) atoms. The monoisotopic (exact) mass is 720 g/mol. The summed E-state index contributed by atoms with van der Waals surface area (Å²) in [5.41, 5.74) is 2.74. The van der Waals surface area contributed by atoms with E-state index >= 15 is 0 Å². The molecule has 4 heterocycles. The lowest BCUT2D eigenvalue weighted by Gasteiger charge is -2.26. The Bertz CT molecular complexity index is 1790. The lowest BCUT2D eigenvalue weighted by atomic mass is 10.1. The third-order valence-electron chi connectivity index (χ3n) is 8.77. The van der Waals surface area contributed by atoms with Gasteiger partial charge in [-0.25, -0.2) is 5.26 Å². The molecule has 4 N–H and O–H groups in total. The number of amides is 2. The van der Waals surface area contributed by atoms with Gasteiger partial charge in [-0.1, -0.05) is 29.3 Å². The van der Waals surface area contributed by atoms with Crippen LogP contribution >= 0.6 is 12.0 Å². The molecule has 2 saturated heterocycles. The van der Waals surface area contributed by atoms with Crippen molar-refractivity contribution in [3.63, 3.8) is 0 Å². The molecule has 1 unspecified atom stereocenters. The summed E-state index contributed by atoms with van der Waals surface area (Å²) >= 11 is 0.823. The number of hydrogen-bond acceptors (Lipinski definition) is 14. The van der Waals surface area contributed by atoms with Gasteiger partial charge in [-0.15, -0.1) is 4.33 Å². The lowest BCUT2D eigenvalue weighted by Crippen LogP contribution is -2.47. The molecule has 2 aromatic carbocycles. The van der Waals surface area contributed by atoms with Crippen LogP contribution in [0.15, 0.2) is 48.6 Å². The van der Waals surface area contributed by atoms with Gasteiger partial charge in [0.15, 0.2) is 28.4 Å². The summed E-state index contributed by atoms with van der Waals surface area (Å²) < 4.78 is 62.5. The Labute approximate surface area is 286 Å². The SMILES string of the molecule is C=C1C[C@H]2C(S(=O)(=O)O)Nc3cc(OCCCOc4cc5c(cc4OC)C(=O)N4CC(=C)C[C@H]4[C@H](SOOO)N5)c(OC)cc3C(=O)N2C1. The minimum absolute atomic E-state index is 0.140. The quantitative estimate of drug-likeness (QED) is 0.0620. The average Bonchev–Trinajstić information content (AvgIpc) is 3.60. The number of carbonyl (C=O) groups is 2. The average molecular weight is 721 g/mol. The Hall–Kier alpha value is -4.20. The van der Waals surface area contributed by atoms with Crippen LogP contribution in [-0.4, -0.2) is 103 Å². The van der Waals surface area contributed by atoms with Gasteiger partial charge in [-0.05, 0) is 25.0 Å². The molecule has 0 saturated carbocycles. The van der Waals surface area contributed by atoms with Gasteiger partial charge in [0.25, 0.3) is 21.9 Å². The van der Waals surface area contributed by atoms with Crippen molar-refractivity contribution in [1.29, 1.82) is 0 Å². The standard InChI is InChI=1S/C31H36N4O12S2/c1-16-8-22-28(48-47-46-38)32-20-12-26(24(42-3)10-18(20)30(36)34(22)14-16)44-6-5-7-45-27-13-21-19(11-25(27)43-4)31(37)35-15-17(2)9-23(35)29(33-21)49(39,40)41/h10-13,22-23,28-29,32-33,38H,1-2,5-9,14-15H2,3-4H3,(H,39,40,41)/t22-,23-,28-,29?/m0/s1. The largest absolute Gasteiger partial charge is 0.493 e. The number of rotatable bonds is 12. The second-order valence-electron chi connectivity index (χ2n) is 11.9. The molecule has 4 aliphatic heterocycles. The van der Waals surface area contributed by atoms with Crippen LogP contribution in [0.3, 0.4) is 0 Å². The third kappa shape index (κ3) is 6.84. The maximum absolute atomic E-state index is 13.5. The number of anilines is 2. The van der Waals surface area contributed by atoms with Crippen molar-refractivity contribution in [2.75, 3.05) is 51.2 Å². The summed E-state index contributed by atoms with van der Waals surface area (Å²) in [6.45, 7) is 8.77. The normalized spacial score (nSPS) is 23.0. The van der Waals surface area contributed by atoms with Crippen LogP contribution < -0.4 is 29.6 Å². The molecule has 4 atom stereocenters. The number of methoxy groups -OCH3 is 2. The van der Waals surface area contributed by atoms with Crippen LogP contribution in [0.2, 0.25) is 0 Å². The van der Waals surface area contributed by atoms with Gasteiger partial charge in [0, 0.05) is 31.6 Å². The zero-order valence-electron chi connectivity index (χ0n) is 26.7. The van der Waals surface area contributed by atoms with E-state index in [2.05, 4.69) is 28.8 Å². The minimum Gasteiger partial charge on any atom is -0.493 e. The second kappa shape index (κ2) is 14.0. The zero-order valence-corrected chi connectivity index (χ0v) is 28.3. The van der Waals surface area contributed by atoms with Crippen LogP contribution in [-0.2, 0) is 19.5 Å². The van der Waals surface area contributed by atoms with E-state index in [0.717, 1.165) is 17.6 Å². The van der Waals surface area contributed by atoms with Gasteiger partial charge in [-0.3, -0.25) is 14.1 Å². The predicted octanol–water partition coefficient (Wildman–Crippen LogP) is 3.55. The summed E-state index contributed by atoms with van der Waals surface area (Å²) in [7, 11) is -1.71. The van der Waals surface area contributed by atoms with Crippen molar-refractivity contribution in [2.24, 2.45) is 0 Å². The number of nitrogens with one attached hydrogen (secondary N) is 2. The molecule has 0 aliphatic carbocycles. The molecule has 0 spiro atoms. The van der Waals surface area contributed by atoms with Crippen LogP contribution in [0.4, 0.5) is 11.4 Å². The van der Waals surface area contributed by atoms with Crippen molar-refractivity contribution in [1.82, 2.24) is 9.80 Å². The van der Waals surface area contributed by atoms with Crippen LogP contribution in [0.25, 0.3) is 0 Å². The van der Waals surface area contributed by atoms with Crippen LogP contribution in [0.1, 0.15) is 40.0 Å². The van der Waals surface area contributed by atoms with Crippen LogP contribution in [0.5, 0.6) is 23.0 Å². The number of fused-ring (bicyclic) bond motifs is 4. The highest BCUT2D eigenvalue weighted by molar-refractivity contribution is 7.95. The minimum atomic E-state index is -4.60. The molecule has 4 aliphatic rings. The number of hydrogen-bond donors (Lipinski definition) is 4. The molecule has 2 amide bonds. The van der Waals surface area contributed by atoms with Crippen molar-refractivity contribution in [3.05, 3.63) is 59.7 Å². The Morgan fingerprint density at radius 2 is 1.35 bits per heavy atom. The predicted molar refractivity (Wildman–Crippen MR) is 178 cm³/mol. The van der Waals surface area contributed by atoms with Gasteiger partial charge in [0.2, 0.25) is 0 Å². The number of nitrogens with zero attached hydrogens (tertiary/aromatic N) is 2. The van der Waals surface area contributed by atoms with Crippen LogP contribution in [0, 0.1) is 0 Å². The highest BCUT2D eigenvalue weighted by atomic mass is 32.2. The molecule has 6 rings (SSSR count). The van der Waals surface area contributed by atoms with Crippen molar-refractivity contribution in [3.8, 4) is 23.0 Å². The summed E-state index contributed by atoms with van der Waals surface area (Å²) in [5.74, 6) is 0.550. The molecule has 0 aromatic heterocycles. The first-order valence-electron chi connectivity index (χ1n) is 15.2. The van der Waals surface area contributed by atoms with Crippen molar-refractivity contribution in [2.45, 2.75) is 42.1 Å². The van der Waals surface area contributed by atoms with E-state index in [-0.39, 0.29) is 60.9 Å². The second-order valence-corrected chi connectivity index (χ2v) is 14.3. The van der Waals surface area contributed by atoms with E-state index in [1.807, 2.05) is 0 Å². The first-order valence-corrected chi connectivity index (χ1v) is 17.5. The van der Waals surface area contributed by atoms with Gasteiger partial charge in [0.1, 0.15) is 5.37 Å². The van der Waals surface area contributed by atoms with Gasteiger partial charge in [0.05, 0.1) is 74.1 Å². The number of carbonyl (C=O) groups excluding carboxylic acids is 2. The van der Waals surface area contributed by atoms with Gasteiger partial charge in [-0.2, -0.15) is 8.42 Å². The summed E-state index contributed by atoms with van der Waals surface area (Å²) in [6, 6.07) is 5.05. The Morgan fingerprint density at radius 1 is 0.837 bits per heavy atom. The molecule has 2 fully saturated rings.